The molecule has 1 aliphatic rings. The van der Waals surface area contributed by atoms with Crippen LogP contribution in [0.2, 0.25) is 5.02 Å². The van der Waals surface area contributed by atoms with E-state index in [1.54, 1.807) is 25.5 Å². The number of anilines is 1. The van der Waals surface area contributed by atoms with Gasteiger partial charge in [-0.3, -0.25) is 14.3 Å². The first kappa shape index (κ1) is 22.4. The van der Waals surface area contributed by atoms with Gasteiger partial charge in [0.25, 0.3) is 5.56 Å². The lowest BCUT2D eigenvalue weighted by Crippen LogP contribution is -2.43. The Kier molecular flexibility index (Phi) is 6.25. The molecule has 0 aliphatic carbocycles. The minimum Gasteiger partial charge on any atom is -0.357 e. The lowest BCUT2D eigenvalue weighted by Gasteiger charge is -2.28. The van der Waals surface area contributed by atoms with Gasteiger partial charge in [0.05, 0.1) is 31.5 Å². The second-order valence-electron chi connectivity index (χ2n) is 7.96. The molecule has 34 heavy (non-hydrogen) atoms. The minimum atomic E-state index is -0.619. The molecular formula is C24H23ClN6O3. The van der Waals surface area contributed by atoms with E-state index >= 15 is 0 Å². The number of nitrogens with zero attached hydrogens (tertiary/aromatic N) is 4. The summed E-state index contributed by atoms with van der Waals surface area (Å²) in [5, 5.41) is 4.03. The highest BCUT2D eigenvalue weighted by Gasteiger charge is 2.23. The van der Waals surface area contributed by atoms with Crippen molar-refractivity contribution in [3.8, 4) is 22.4 Å². The van der Waals surface area contributed by atoms with E-state index in [4.69, 9.17) is 26.8 Å². The summed E-state index contributed by atoms with van der Waals surface area (Å²) in [6, 6.07) is 12.8. The molecule has 4 heterocycles. The van der Waals surface area contributed by atoms with Gasteiger partial charge in [-0.25, -0.2) is 4.98 Å². The first-order valence-electron chi connectivity index (χ1n) is 10.8. The predicted octanol–water partition coefficient (Wildman–Crippen LogP) is 2.92. The van der Waals surface area contributed by atoms with Gasteiger partial charge in [-0.15, -0.1) is 0 Å². The molecule has 4 aromatic rings. The zero-order valence-corrected chi connectivity index (χ0v) is 19.2. The normalized spacial score (nSPS) is 18.2. The summed E-state index contributed by atoms with van der Waals surface area (Å²) in [7, 11) is 1.72. The largest absolute Gasteiger partial charge is 0.357 e. The van der Waals surface area contributed by atoms with E-state index < -0.39 is 6.29 Å². The van der Waals surface area contributed by atoms with E-state index in [0.29, 0.717) is 46.3 Å². The molecule has 5 rings (SSSR count). The number of aromatic nitrogens is 4. The van der Waals surface area contributed by atoms with Gasteiger partial charge < -0.3 is 20.5 Å². The highest BCUT2D eigenvalue weighted by Crippen LogP contribution is 2.31. The summed E-state index contributed by atoms with van der Waals surface area (Å²) in [4.78, 5) is 26.9. The number of nitrogens with two attached hydrogens (primary N) is 1. The minimum absolute atomic E-state index is 0.152. The van der Waals surface area contributed by atoms with E-state index in [2.05, 4.69) is 20.3 Å². The molecule has 10 heteroatoms. The molecule has 0 saturated carbocycles. The maximum Gasteiger partial charge on any atom is 0.260 e. The van der Waals surface area contributed by atoms with Crippen molar-refractivity contribution in [3.05, 3.63) is 70.2 Å². The molecule has 9 nitrogen and oxygen atoms in total. The fourth-order valence-electron chi connectivity index (χ4n) is 3.88. The van der Waals surface area contributed by atoms with Crippen LogP contribution in [0.15, 0.2) is 59.7 Å². The monoisotopic (exact) mass is 478 g/mol. The van der Waals surface area contributed by atoms with Gasteiger partial charge in [-0.05, 0) is 24.3 Å². The van der Waals surface area contributed by atoms with Gasteiger partial charge in [-0.2, -0.15) is 4.98 Å². The van der Waals surface area contributed by atoms with Crippen molar-refractivity contribution >= 4 is 28.6 Å². The smallest absolute Gasteiger partial charge is 0.260 e. The Balaban J connectivity index is 1.62. The molecule has 1 fully saturated rings. The van der Waals surface area contributed by atoms with Gasteiger partial charge >= 0.3 is 0 Å². The van der Waals surface area contributed by atoms with Gasteiger partial charge in [0.15, 0.2) is 6.29 Å². The third-order valence-electron chi connectivity index (χ3n) is 5.59. The third kappa shape index (κ3) is 4.38. The Morgan fingerprint density at radius 1 is 1.15 bits per heavy atom. The average molecular weight is 479 g/mol. The molecule has 1 aliphatic heterocycles. The van der Waals surface area contributed by atoms with Crippen LogP contribution in [0.25, 0.3) is 33.4 Å². The number of rotatable bonds is 5. The fraction of sp³-hybridized carbons (Fsp3) is 0.250. The van der Waals surface area contributed by atoms with Crippen LogP contribution in [0.1, 0.15) is 0 Å². The Bertz CT molecular complexity index is 1390. The summed E-state index contributed by atoms with van der Waals surface area (Å²) in [6.07, 6.45) is 2.77. The van der Waals surface area contributed by atoms with Crippen LogP contribution in [-0.2, 0) is 16.0 Å². The maximum absolute atomic E-state index is 13.7. The number of nitrogens with one attached hydrogen (secondary N) is 1. The Hall–Kier alpha value is -3.37. The maximum atomic E-state index is 13.7. The zero-order chi connectivity index (χ0) is 23.7. The summed E-state index contributed by atoms with van der Waals surface area (Å²) >= 11 is 6.66. The van der Waals surface area contributed by atoms with Crippen LogP contribution in [0.4, 0.5) is 5.95 Å². The van der Waals surface area contributed by atoms with Crippen LogP contribution in [0.5, 0.6) is 0 Å². The quantitative estimate of drug-likeness (QED) is 0.449. The van der Waals surface area contributed by atoms with Gasteiger partial charge in [0, 0.05) is 46.5 Å². The number of hydrogen-bond acceptors (Lipinski definition) is 8. The Labute approximate surface area is 200 Å². The van der Waals surface area contributed by atoms with Crippen molar-refractivity contribution in [2.24, 2.45) is 5.73 Å². The van der Waals surface area contributed by atoms with E-state index in [1.165, 1.54) is 4.57 Å². The fourth-order valence-corrected chi connectivity index (χ4v) is 4.16. The topological polar surface area (TPSA) is 117 Å². The lowest BCUT2D eigenvalue weighted by molar-refractivity contribution is -0.191. The molecule has 3 N–H and O–H groups in total. The van der Waals surface area contributed by atoms with E-state index in [0.717, 1.165) is 11.3 Å². The molecule has 0 bridgehead atoms. The summed E-state index contributed by atoms with van der Waals surface area (Å²) in [5.74, 6) is 0.402. The van der Waals surface area contributed by atoms with Gasteiger partial charge in [0.2, 0.25) is 5.95 Å². The molecule has 0 amide bonds. The van der Waals surface area contributed by atoms with Gasteiger partial charge in [0.1, 0.15) is 5.65 Å². The summed E-state index contributed by atoms with van der Waals surface area (Å²) < 4.78 is 12.9. The highest BCUT2D eigenvalue weighted by molar-refractivity contribution is 6.33. The second kappa shape index (κ2) is 9.47. The number of halogens is 1. The standard InChI is InChI=1S/C24H23ClN6O3/c1-27-24-29-10-15-8-18(17-6-5-14(9-19(17)25)20-4-2-3-7-28-20)23(32)31(22(15)30-24)11-21-33-12-16(26)13-34-21/h2-10,16,21H,11-13,26H2,1H3,(H,27,29,30). The molecule has 1 saturated heterocycles. The van der Waals surface area contributed by atoms with E-state index in [1.807, 2.05) is 36.4 Å². The Morgan fingerprint density at radius 2 is 1.97 bits per heavy atom. The molecule has 0 radical (unpaired) electrons. The SMILES string of the molecule is CNc1ncc2cc(-c3ccc(-c4ccccn4)cc3Cl)c(=O)n(CC3OCC(N)CO3)c2n1. The van der Waals surface area contributed by atoms with Crippen LogP contribution in [-0.4, -0.2) is 52.1 Å². The number of pyridine rings is 2. The van der Waals surface area contributed by atoms with Crippen molar-refractivity contribution in [1.29, 1.82) is 0 Å². The molecule has 1 aromatic carbocycles. The lowest BCUT2D eigenvalue weighted by atomic mass is 10.0. The third-order valence-corrected chi connectivity index (χ3v) is 5.91. The van der Waals surface area contributed by atoms with Crippen LogP contribution in [0.3, 0.4) is 0 Å². The van der Waals surface area contributed by atoms with Crippen molar-refractivity contribution in [1.82, 2.24) is 19.5 Å². The molecular weight excluding hydrogens is 456 g/mol. The summed E-state index contributed by atoms with van der Waals surface area (Å²) in [6.45, 7) is 0.864. The predicted molar refractivity (Wildman–Crippen MR) is 131 cm³/mol. The van der Waals surface area contributed by atoms with E-state index in [-0.39, 0.29) is 18.1 Å². The van der Waals surface area contributed by atoms with Crippen LogP contribution < -0.4 is 16.6 Å². The highest BCUT2D eigenvalue weighted by atomic mass is 35.5. The molecule has 0 unspecified atom stereocenters. The van der Waals surface area contributed by atoms with Crippen molar-refractivity contribution in [2.75, 3.05) is 25.6 Å². The average Bonchev–Trinajstić information content (AvgIpc) is 2.87. The second-order valence-corrected chi connectivity index (χ2v) is 8.37. The molecule has 0 spiro atoms. The number of benzene rings is 1. The Morgan fingerprint density at radius 3 is 2.68 bits per heavy atom. The number of hydrogen-bond donors (Lipinski definition) is 2. The first-order chi connectivity index (χ1) is 16.5. The summed E-state index contributed by atoms with van der Waals surface area (Å²) in [5.41, 5.74) is 8.75. The number of fused-ring (bicyclic) bond motifs is 1. The van der Waals surface area contributed by atoms with Crippen molar-refractivity contribution in [2.45, 2.75) is 18.9 Å². The molecule has 0 atom stereocenters. The molecule has 174 valence electrons. The van der Waals surface area contributed by atoms with Crippen LogP contribution >= 0.6 is 11.6 Å². The first-order valence-corrected chi connectivity index (χ1v) is 11.2. The number of ether oxygens (including phenoxy) is 2. The van der Waals surface area contributed by atoms with Crippen LogP contribution in [0, 0.1) is 0 Å². The van der Waals surface area contributed by atoms with Gasteiger partial charge in [-0.1, -0.05) is 29.8 Å². The van der Waals surface area contributed by atoms with Crippen molar-refractivity contribution < 1.29 is 9.47 Å². The molecule has 3 aromatic heterocycles. The zero-order valence-electron chi connectivity index (χ0n) is 18.4. The van der Waals surface area contributed by atoms with Crippen molar-refractivity contribution in [3.63, 3.8) is 0 Å². The van der Waals surface area contributed by atoms with E-state index in [9.17, 15) is 4.79 Å².